The minimum atomic E-state index is -0.975. The average molecular weight is 383 g/mol. The molecule has 0 aliphatic carbocycles. The van der Waals surface area contributed by atoms with E-state index in [0.717, 1.165) is 0 Å². The van der Waals surface area contributed by atoms with E-state index in [2.05, 4.69) is 0 Å². The van der Waals surface area contributed by atoms with Crippen LogP contribution in [-0.4, -0.2) is 46.7 Å². The van der Waals surface area contributed by atoms with Gasteiger partial charge in [-0.2, -0.15) is 0 Å². The van der Waals surface area contributed by atoms with Gasteiger partial charge in [-0.05, 0) is 50.8 Å². The topological polar surface area (TPSA) is 128 Å². The third-order valence-corrected chi connectivity index (χ3v) is 4.26. The molecule has 0 heterocycles. The van der Waals surface area contributed by atoms with Crippen LogP contribution in [0.15, 0.2) is 18.2 Å². The second kappa shape index (κ2) is 10.0. The number of hydrogen-bond acceptors (Lipinski definition) is 8. The molecule has 0 radical (unpaired) electrons. The average Bonchev–Trinajstić information content (AvgIpc) is 2.57. The van der Waals surface area contributed by atoms with Crippen molar-refractivity contribution < 1.29 is 34.0 Å². The molecule has 0 bridgehead atoms. The van der Waals surface area contributed by atoms with Crippen LogP contribution < -0.4 is 5.73 Å². The summed E-state index contributed by atoms with van der Waals surface area (Å²) in [5.74, 6) is -1.07. The number of phenolic OH excluding ortho intramolecular Hbond substituents is 2. The molecule has 0 saturated carbocycles. The van der Waals surface area contributed by atoms with Crippen LogP contribution in [0.1, 0.15) is 40.2 Å². The fourth-order valence-electron chi connectivity index (χ4n) is 1.96. The highest BCUT2D eigenvalue weighted by Crippen LogP contribution is 2.25. The highest BCUT2D eigenvalue weighted by molar-refractivity contribution is 5.76. The Morgan fingerprint density at radius 1 is 0.926 bits per heavy atom. The molecular formula is C19H29NO7. The zero-order chi connectivity index (χ0) is 20.7. The number of hydrogen-bond donors (Lipinski definition) is 3. The lowest BCUT2D eigenvalue weighted by atomic mass is 10.1. The molecule has 1 aromatic carbocycles. The minimum absolute atomic E-state index is 0.114. The van der Waals surface area contributed by atoms with E-state index in [0.29, 0.717) is 5.56 Å². The first kappa shape index (κ1) is 22.6. The number of esters is 1. The van der Waals surface area contributed by atoms with Crippen LogP contribution >= 0.6 is 0 Å². The molecule has 4 N–H and O–H groups in total. The standard InChI is InChI=1S/C19H29NO7/c1-10(2)11(3)26-19(24)27-13(5)12(4)25-18(23)15(20)8-14-6-7-16(21)17(22)9-14/h6-7,9-13,15,21-22H,8,20H2,1-5H3/t11?,12-,13?,15+/m1/s1. The van der Waals surface area contributed by atoms with Crippen LogP contribution in [-0.2, 0) is 25.4 Å². The van der Waals surface area contributed by atoms with Gasteiger partial charge in [0, 0.05) is 0 Å². The first-order chi connectivity index (χ1) is 12.5. The maximum Gasteiger partial charge on any atom is 0.508 e. The lowest BCUT2D eigenvalue weighted by Crippen LogP contribution is -2.39. The number of rotatable bonds is 8. The van der Waals surface area contributed by atoms with Gasteiger partial charge in [-0.1, -0.05) is 19.9 Å². The highest BCUT2D eigenvalue weighted by atomic mass is 16.7. The van der Waals surface area contributed by atoms with E-state index in [9.17, 15) is 19.8 Å². The zero-order valence-corrected chi connectivity index (χ0v) is 16.3. The number of aromatic hydroxyl groups is 2. The van der Waals surface area contributed by atoms with Crippen molar-refractivity contribution in [2.75, 3.05) is 0 Å². The molecule has 27 heavy (non-hydrogen) atoms. The van der Waals surface area contributed by atoms with Gasteiger partial charge in [-0.3, -0.25) is 4.79 Å². The zero-order valence-electron chi connectivity index (χ0n) is 16.3. The summed E-state index contributed by atoms with van der Waals surface area (Å²) in [6.07, 6.45) is -2.44. The van der Waals surface area contributed by atoms with E-state index in [1.165, 1.54) is 12.1 Å². The van der Waals surface area contributed by atoms with Crippen molar-refractivity contribution in [2.45, 2.75) is 65.4 Å². The van der Waals surface area contributed by atoms with Gasteiger partial charge >= 0.3 is 12.1 Å². The molecule has 0 aromatic heterocycles. The Labute approximate surface area is 159 Å². The summed E-state index contributed by atoms with van der Waals surface area (Å²) in [5, 5.41) is 18.8. The summed E-state index contributed by atoms with van der Waals surface area (Å²) < 4.78 is 15.5. The number of carbonyl (C=O) groups is 2. The molecule has 4 atom stereocenters. The van der Waals surface area contributed by atoms with E-state index in [4.69, 9.17) is 19.9 Å². The monoisotopic (exact) mass is 383 g/mol. The SMILES string of the molecule is CC(C)C(C)OC(=O)OC(C)[C@@H](C)OC(=O)[C@@H](N)Cc1ccc(O)c(O)c1. The van der Waals surface area contributed by atoms with E-state index >= 15 is 0 Å². The smallest absolute Gasteiger partial charge is 0.504 e. The molecule has 1 rings (SSSR count). The first-order valence-corrected chi connectivity index (χ1v) is 8.85. The molecule has 0 aliphatic rings. The lowest BCUT2D eigenvalue weighted by molar-refractivity contribution is -0.155. The number of benzene rings is 1. The molecule has 8 nitrogen and oxygen atoms in total. The van der Waals surface area contributed by atoms with E-state index in [1.807, 2.05) is 13.8 Å². The van der Waals surface area contributed by atoms with Gasteiger partial charge in [0.25, 0.3) is 0 Å². The molecule has 2 unspecified atom stereocenters. The van der Waals surface area contributed by atoms with Gasteiger partial charge in [-0.25, -0.2) is 4.79 Å². The van der Waals surface area contributed by atoms with Crippen LogP contribution in [0.4, 0.5) is 4.79 Å². The van der Waals surface area contributed by atoms with Gasteiger partial charge in [-0.15, -0.1) is 0 Å². The molecular weight excluding hydrogens is 354 g/mol. The van der Waals surface area contributed by atoms with Crippen LogP contribution in [0.5, 0.6) is 11.5 Å². The molecule has 0 amide bonds. The summed E-state index contributed by atoms with van der Waals surface area (Å²) in [6, 6.07) is 3.20. The normalized spacial score (nSPS) is 15.5. The number of ether oxygens (including phenoxy) is 3. The Balaban J connectivity index is 2.51. The molecule has 0 fully saturated rings. The van der Waals surface area contributed by atoms with Crippen molar-refractivity contribution in [3.63, 3.8) is 0 Å². The van der Waals surface area contributed by atoms with Gasteiger partial charge in [0.2, 0.25) is 0 Å². The predicted molar refractivity (Wildman–Crippen MR) is 98.3 cm³/mol. The molecule has 152 valence electrons. The third kappa shape index (κ3) is 7.34. The largest absolute Gasteiger partial charge is 0.508 e. The lowest BCUT2D eigenvalue weighted by Gasteiger charge is -2.23. The fourth-order valence-corrected chi connectivity index (χ4v) is 1.96. The van der Waals surface area contributed by atoms with Crippen molar-refractivity contribution in [1.29, 1.82) is 0 Å². The minimum Gasteiger partial charge on any atom is -0.504 e. The third-order valence-electron chi connectivity index (χ3n) is 4.26. The molecule has 1 aromatic rings. The summed E-state index contributed by atoms with van der Waals surface area (Å²) in [4.78, 5) is 23.9. The second-order valence-electron chi connectivity index (χ2n) is 6.92. The Hall–Kier alpha value is -2.48. The molecule has 8 heteroatoms. The first-order valence-electron chi connectivity index (χ1n) is 8.85. The Bertz CT molecular complexity index is 647. The molecule has 0 spiro atoms. The van der Waals surface area contributed by atoms with E-state index in [-0.39, 0.29) is 29.9 Å². The van der Waals surface area contributed by atoms with E-state index in [1.54, 1.807) is 26.8 Å². The maximum absolute atomic E-state index is 12.1. The summed E-state index contributed by atoms with van der Waals surface area (Å²) in [5.41, 5.74) is 6.40. The van der Waals surface area contributed by atoms with Crippen LogP contribution in [0, 0.1) is 5.92 Å². The maximum atomic E-state index is 12.1. The van der Waals surface area contributed by atoms with Crippen LogP contribution in [0.3, 0.4) is 0 Å². The summed E-state index contributed by atoms with van der Waals surface area (Å²) in [7, 11) is 0. The Morgan fingerprint density at radius 3 is 2.04 bits per heavy atom. The Kier molecular flexibility index (Phi) is 8.36. The number of phenols is 2. The van der Waals surface area contributed by atoms with Crippen molar-refractivity contribution in [3.8, 4) is 11.5 Å². The van der Waals surface area contributed by atoms with Crippen LogP contribution in [0.2, 0.25) is 0 Å². The van der Waals surface area contributed by atoms with Gasteiger partial charge in [0.05, 0.1) is 0 Å². The summed E-state index contributed by atoms with van der Waals surface area (Å²) >= 11 is 0. The number of nitrogens with two attached hydrogens (primary N) is 1. The quantitative estimate of drug-likeness (QED) is 0.461. The van der Waals surface area contributed by atoms with Gasteiger partial charge in [0.15, 0.2) is 11.5 Å². The molecule has 0 aliphatic heterocycles. The predicted octanol–water partition coefficient (Wildman–Crippen LogP) is 2.49. The van der Waals surface area contributed by atoms with Crippen molar-refractivity contribution in [3.05, 3.63) is 23.8 Å². The van der Waals surface area contributed by atoms with Crippen LogP contribution in [0.25, 0.3) is 0 Å². The Morgan fingerprint density at radius 2 is 1.48 bits per heavy atom. The fraction of sp³-hybridized carbons (Fsp3) is 0.579. The molecule has 0 saturated heterocycles. The van der Waals surface area contributed by atoms with Crippen molar-refractivity contribution in [1.82, 2.24) is 0 Å². The second-order valence-corrected chi connectivity index (χ2v) is 6.92. The van der Waals surface area contributed by atoms with Gasteiger partial charge in [0.1, 0.15) is 24.4 Å². The summed E-state index contributed by atoms with van der Waals surface area (Å²) in [6.45, 7) is 8.77. The van der Waals surface area contributed by atoms with Gasteiger partial charge < -0.3 is 30.2 Å². The van der Waals surface area contributed by atoms with E-state index < -0.39 is 30.4 Å². The van der Waals surface area contributed by atoms with Crippen molar-refractivity contribution in [2.24, 2.45) is 11.7 Å². The highest BCUT2D eigenvalue weighted by Gasteiger charge is 2.25. The van der Waals surface area contributed by atoms with Crippen molar-refractivity contribution >= 4 is 12.1 Å². The number of carbonyl (C=O) groups excluding carboxylic acids is 2.